The second kappa shape index (κ2) is 4.78. The van der Waals surface area contributed by atoms with Gasteiger partial charge in [0.1, 0.15) is 11.1 Å². The number of benzene rings is 1. The zero-order chi connectivity index (χ0) is 13.1. The first-order valence-electron chi connectivity index (χ1n) is 5.77. The summed E-state index contributed by atoms with van der Waals surface area (Å²) in [5.74, 6) is -0.256. The van der Waals surface area contributed by atoms with Gasteiger partial charge in [-0.05, 0) is 46.8 Å². The highest BCUT2D eigenvalue weighted by molar-refractivity contribution is 5.83. The summed E-state index contributed by atoms with van der Waals surface area (Å²) in [6.45, 7) is 9.22. The molecule has 1 aromatic rings. The van der Waals surface area contributed by atoms with Crippen LogP contribution in [0, 0.1) is 0 Å². The van der Waals surface area contributed by atoms with Crippen LogP contribution in [0.5, 0.6) is 0 Å². The van der Waals surface area contributed by atoms with Crippen molar-refractivity contribution in [3.05, 3.63) is 30.3 Å². The summed E-state index contributed by atoms with van der Waals surface area (Å²) >= 11 is 0. The third-order valence-corrected chi connectivity index (χ3v) is 2.14. The molecule has 0 saturated heterocycles. The molecule has 0 radical (unpaired) electrons. The van der Waals surface area contributed by atoms with Gasteiger partial charge in [-0.15, -0.1) is 0 Å². The molecule has 0 unspecified atom stereocenters. The Morgan fingerprint density at radius 2 is 1.59 bits per heavy atom. The largest absolute Gasteiger partial charge is 0.458 e. The van der Waals surface area contributed by atoms with E-state index in [4.69, 9.17) is 4.74 Å². The molecule has 0 spiro atoms. The van der Waals surface area contributed by atoms with Crippen molar-refractivity contribution in [1.82, 2.24) is 0 Å². The van der Waals surface area contributed by atoms with Crippen LogP contribution in [0.2, 0.25) is 0 Å². The van der Waals surface area contributed by atoms with Gasteiger partial charge < -0.3 is 10.1 Å². The third kappa shape index (κ3) is 4.47. The lowest BCUT2D eigenvalue weighted by Gasteiger charge is -2.30. The van der Waals surface area contributed by atoms with Crippen LogP contribution < -0.4 is 5.32 Å². The molecule has 0 aromatic heterocycles. The molecule has 0 aliphatic heterocycles. The number of rotatable bonds is 3. The van der Waals surface area contributed by atoms with Crippen molar-refractivity contribution in [2.24, 2.45) is 0 Å². The first kappa shape index (κ1) is 13.6. The first-order valence-corrected chi connectivity index (χ1v) is 5.77. The zero-order valence-corrected chi connectivity index (χ0v) is 11.2. The summed E-state index contributed by atoms with van der Waals surface area (Å²) in [5.41, 5.74) is -0.301. The lowest BCUT2D eigenvalue weighted by Crippen LogP contribution is -2.44. The number of para-hydroxylation sites is 1. The van der Waals surface area contributed by atoms with Crippen molar-refractivity contribution in [3.8, 4) is 0 Å². The van der Waals surface area contributed by atoms with Crippen molar-refractivity contribution < 1.29 is 9.53 Å². The predicted octanol–water partition coefficient (Wildman–Crippen LogP) is 3.22. The lowest BCUT2D eigenvalue weighted by atomic mass is 10.0. The highest BCUT2D eigenvalue weighted by atomic mass is 16.6. The molecule has 0 heterocycles. The van der Waals surface area contributed by atoms with Crippen LogP contribution in [0.15, 0.2) is 30.3 Å². The molecule has 1 rings (SSSR count). The van der Waals surface area contributed by atoms with Crippen LogP contribution in [0.1, 0.15) is 34.6 Å². The molecule has 0 bridgehead atoms. The Morgan fingerprint density at radius 3 is 2.06 bits per heavy atom. The van der Waals surface area contributed by atoms with E-state index in [0.717, 1.165) is 5.69 Å². The molecule has 0 amide bonds. The average Bonchev–Trinajstić information content (AvgIpc) is 2.15. The SMILES string of the molecule is CC(C)(C)OC(=O)C(C)(C)Nc1ccccc1. The van der Waals surface area contributed by atoms with Crippen LogP contribution in [0.25, 0.3) is 0 Å². The van der Waals surface area contributed by atoms with Crippen molar-refractivity contribution in [2.45, 2.75) is 45.8 Å². The molecular weight excluding hydrogens is 214 g/mol. The van der Waals surface area contributed by atoms with Crippen LogP contribution in [0.3, 0.4) is 0 Å². The summed E-state index contributed by atoms with van der Waals surface area (Å²) in [5, 5.41) is 3.17. The molecule has 3 nitrogen and oxygen atoms in total. The maximum absolute atomic E-state index is 12.0. The highest BCUT2D eigenvalue weighted by Gasteiger charge is 2.32. The fraction of sp³-hybridized carbons (Fsp3) is 0.500. The van der Waals surface area contributed by atoms with Crippen LogP contribution in [-0.4, -0.2) is 17.1 Å². The molecular formula is C14H21NO2. The molecule has 3 heteroatoms. The number of carbonyl (C=O) groups is 1. The quantitative estimate of drug-likeness (QED) is 0.817. The predicted molar refractivity (Wildman–Crippen MR) is 70.0 cm³/mol. The topological polar surface area (TPSA) is 38.3 Å². The van der Waals surface area contributed by atoms with Gasteiger partial charge in [-0.25, -0.2) is 4.79 Å². The van der Waals surface area contributed by atoms with E-state index in [-0.39, 0.29) is 5.97 Å². The summed E-state index contributed by atoms with van der Waals surface area (Å²) in [6, 6.07) is 9.63. The Balaban J connectivity index is 2.72. The molecule has 0 saturated carbocycles. The minimum absolute atomic E-state index is 0.256. The Bertz CT molecular complexity index is 377. The van der Waals surface area contributed by atoms with Crippen molar-refractivity contribution in [2.75, 3.05) is 5.32 Å². The Hall–Kier alpha value is -1.51. The number of hydrogen-bond donors (Lipinski definition) is 1. The van der Waals surface area contributed by atoms with E-state index < -0.39 is 11.1 Å². The van der Waals surface area contributed by atoms with Crippen molar-refractivity contribution in [1.29, 1.82) is 0 Å². The van der Waals surface area contributed by atoms with E-state index in [1.807, 2.05) is 65.0 Å². The van der Waals surface area contributed by atoms with E-state index >= 15 is 0 Å². The van der Waals surface area contributed by atoms with E-state index in [2.05, 4.69) is 5.32 Å². The van der Waals surface area contributed by atoms with E-state index in [0.29, 0.717) is 0 Å². The molecule has 1 aromatic carbocycles. The number of nitrogens with one attached hydrogen (secondary N) is 1. The summed E-state index contributed by atoms with van der Waals surface area (Å²) in [4.78, 5) is 12.0. The lowest BCUT2D eigenvalue weighted by molar-refractivity contribution is -0.159. The summed E-state index contributed by atoms with van der Waals surface area (Å²) < 4.78 is 5.37. The fourth-order valence-electron chi connectivity index (χ4n) is 1.34. The smallest absolute Gasteiger partial charge is 0.331 e. The minimum atomic E-state index is -0.741. The van der Waals surface area contributed by atoms with E-state index in [1.165, 1.54) is 0 Å². The third-order valence-electron chi connectivity index (χ3n) is 2.14. The Kier molecular flexibility index (Phi) is 3.81. The van der Waals surface area contributed by atoms with Gasteiger partial charge in [-0.1, -0.05) is 18.2 Å². The zero-order valence-electron chi connectivity index (χ0n) is 11.2. The number of anilines is 1. The second-order valence-corrected chi connectivity index (χ2v) is 5.62. The first-order chi connectivity index (χ1) is 7.71. The average molecular weight is 235 g/mol. The maximum Gasteiger partial charge on any atom is 0.331 e. The molecule has 0 aliphatic rings. The maximum atomic E-state index is 12.0. The van der Waals surface area contributed by atoms with Gasteiger partial charge in [0.25, 0.3) is 0 Å². The van der Waals surface area contributed by atoms with Gasteiger partial charge in [0.05, 0.1) is 0 Å². The number of carbonyl (C=O) groups excluding carboxylic acids is 1. The van der Waals surface area contributed by atoms with Gasteiger partial charge in [-0.3, -0.25) is 0 Å². The molecule has 0 atom stereocenters. The van der Waals surface area contributed by atoms with Gasteiger partial charge in [0.15, 0.2) is 0 Å². The summed E-state index contributed by atoms with van der Waals surface area (Å²) in [6.07, 6.45) is 0. The number of hydrogen-bond acceptors (Lipinski definition) is 3. The number of ether oxygens (including phenoxy) is 1. The Labute approximate surface area is 103 Å². The van der Waals surface area contributed by atoms with Gasteiger partial charge in [0.2, 0.25) is 0 Å². The normalized spacial score (nSPS) is 12.1. The fourth-order valence-corrected chi connectivity index (χ4v) is 1.34. The summed E-state index contributed by atoms with van der Waals surface area (Å²) in [7, 11) is 0. The van der Waals surface area contributed by atoms with Crippen molar-refractivity contribution in [3.63, 3.8) is 0 Å². The van der Waals surface area contributed by atoms with Crippen LogP contribution >= 0.6 is 0 Å². The van der Waals surface area contributed by atoms with Gasteiger partial charge in [-0.2, -0.15) is 0 Å². The molecule has 0 fully saturated rings. The standard InChI is InChI=1S/C14H21NO2/c1-13(2,3)17-12(16)14(4,5)15-11-9-7-6-8-10-11/h6-10,15H,1-5H3. The van der Waals surface area contributed by atoms with Gasteiger partial charge >= 0.3 is 5.97 Å². The second-order valence-electron chi connectivity index (χ2n) is 5.62. The molecule has 17 heavy (non-hydrogen) atoms. The highest BCUT2D eigenvalue weighted by Crippen LogP contribution is 2.19. The molecule has 1 N–H and O–H groups in total. The van der Waals surface area contributed by atoms with Crippen LogP contribution in [0.4, 0.5) is 5.69 Å². The monoisotopic (exact) mass is 235 g/mol. The van der Waals surface area contributed by atoms with E-state index in [1.54, 1.807) is 0 Å². The van der Waals surface area contributed by atoms with E-state index in [9.17, 15) is 4.79 Å². The molecule has 0 aliphatic carbocycles. The van der Waals surface area contributed by atoms with Crippen LogP contribution in [-0.2, 0) is 9.53 Å². The van der Waals surface area contributed by atoms with Crippen molar-refractivity contribution >= 4 is 11.7 Å². The molecule has 94 valence electrons. The number of esters is 1. The van der Waals surface area contributed by atoms with Gasteiger partial charge in [0, 0.05) is 5.69 Å². The Morgan fingerprint density at radius 1 is 1.06 bits per heavy atom. The minimum Gasteiger partial charge on any atom is -0.458 e.